The van der Waals surface area contributed by atoms with Crippen LogP contribution >= 0.6 is 0 Å². The number of fused-ring (bicyclic) bond motifs is 1. The van der Waals surface area contributed by atoms with E-state index in [9.17, 15) is 9.59 Å². The number of carbonyl (C=O) groups is 2. The number of Topliss-reactive ketones (excluding diaryl/α,β-unsaturated/α-hetero) is 1. The zero-order valence-corrected chi connectivity index (χ0v) is 11.1. The van der Waals surface area contributed by atoms with Crippen molar-refractivity contribution < 1.29 is 19.4 Å². The van der Waals surface area contributed by atoms with Gasteiger partial charge in [0.25, 0.3) is 0 Å². The van der Waals surface area contributed by atoms with Crippen molar-refractivity contribution in [3.05, 3.63) is 40.4 Å². The van der Waals surface area contributed by atoms with E-state index in [1.54, 1.807) is 30.7 Å². The molecule has 100 valence electrons. The van der Waals surface area contributed by atoms with Gasteiger partial charge >= 0.3 is 0 Å². The predicted octanol–water partition coefficient (Wildman–Crippen LogP) is 1.25. The van der Waals surface area contributed by atoms with Crippen molar-refractivity contribution in [3.63, 3.8) is 0 Å². The molecule has 1 aliphatic carbocycles. The average molecular weight is 261 g/mol. The van der Waals surface area contributed by atoms with Gasteiger partial charge < -0.3 is 14.4 Å². The Bertz CT molecular complexity index is 620. The highest BCUT2D eigenvalue weighted by Crippen LogP contribution is 2.29. The van der Waals surface area contributed by atoms with Crippen LogP contribution in [0.5, 0.6) is 0 Å². The minimum Gasteiger partial charge on any atom is -0.492 e. The Hall–Kier alpha value is -2.14. The molecular formula is C14H15NO4. The second-order valence-corrected chi connectivity index (χ2v) is 4.28. The molecular weight excluding hydrogens is 246 g/mol. The first kappa shape index (κ1) is 13.3. The summed E-state index contributed by atoms with van der Waals surface area (Å²) in [6, 6.07) is 0. The van der Waals surface area contributed by atoms with E-state index in [1.165, 1.54) is 13.2 Å². The van der Waals surface area contributed by atoms with Crippen molar-refractivity contribution in [3.8, 4) is 0 Å². The van der Waals surface area contributed by atoms with E-state index in [4.69, 9.17) is 9.84 Å². The van der Waals surface area contributed by atoms with Crippen molar-refractivity contribution >= 4 is 17.6 Å². The van der Waals surface area contributed by atoms with Crippen LogP contribution in [-0.4, -0.2) is 35.0 Å². The molecule has 0 bridgehead atoms. The van der Waals surface area contributed by atoms with Crippen molar-refractivity contribution in [1.29, 1.82) is 0 Å². The Kier molecular flexibility index (Phi) is 3.40. The molecule has 0 aliphatic heterocycles. The molecule has 1 heterocycles. The maximum Gasteiger partial charge on any atom is 0.230 e. The molecule has 1 N–H and O–H groups in total. The van der Waals surface area contributed by atoms with Gasteiger partial charge in [-0.05, 0) is 18.6 Å². The van der Waals surface area contributed by atoms with E-state index in [0.717, 1.165) is 5.69 Å². The Morgan fingerprint density at radius 3 is 2.68 bits per heavy atom. The maximum atomic E-state index is 12.2. The SMILES string of the molecule is COC1=CC(=O)c2c(c(C)c(/C=C/CO)n2C)C1=O. The van der Waals surface area contributed by atoms with Crippen LogP contribution < -0.4 is 0 Å². The summed E-state index contributed by atoms with van der Waals surface area (Å²) >= 11 is 0. The van der Waals surface area contributed by atoms with Gasteiger partial charge in [-0.2, -0.15) is 0 Å². The highest BCUT2D eigenvalue weighted by molar-refractivity contribution is 6.24. The summed E-state index contributed by atoms with van der Waals surface area (Å²) in [6.07, 6.45) is 4.47. The highest BCUT2D eigenvalue weighted by atomic mass is 16.5. The third-order valence-corrected chi connectivity index (χ3v) is 3.24. The van der Waals surface area contributed by atoms with Crippen LogP contribution in [-0.2, 0) is 11.8 Å². The molecule has 0 saturated carbocycles. The van der Waals surface area contributed by atoms with Crippen LogP contribution in [0.25, 0.3) is 6.08 Å². The Labute approximate surface area is 110 Å². The molecule has 0 spiro atoms. The normalized spacial score (nSPS) is 14.8. The minimum atomic E-state index is -0.283. The van der Waals surface area contributed by atoms with E-state index in [1.807, 2.05) is 0 Å². The van der Waals surface area contributed by atoms with Crippen LogP contribution in [0.2, 0.25) is 0 Å². The lowest BCUT2D eigenvalue weighted by Crippen LogP contribution is -2.19. The summed E-state index contributed by atoms with van der Waals surface area (Å²) in [4.78, 5) is 24.3. The second kappa shape index (κ2) is 4.85. The Balaban J connectivity index is 2.67. The number of aliphatic hydroxyl groups excluding tert-OH is 1. The molecule has 0 aromatic carbocycles. The van der Waals surface area contributed by atoms with Crippen molar-refractivity contribution in [2.24, 2.45) is 7.05 Å². The number of methoxy groups -OCH3 is 1. The lowest BCUT2D eigenvalue weighted by Gasteiger charge is -2.12. The van der Waals surface area contributed by atoms with Crippen molar-refractivity contribution in [2.45, 2.75) is 6.92 Å². The van der Waals surface area contributed by atoms with E-state index in [2.05, 4.69) is 0 Å². The summed E-state index contributed by atoms with van der Waals surface area (Å²) in [7, 11) is 3.09. The number of rotatable bonds is 3. The van der Waals surface area contributed by atoms with E-state index in [-0.39, 0.29) is 23.9 Å². The van der Waals surface area contributed by atoms with Crippen LogP contribution in [0.3, 0.4) is 0 Å². The first-order valence-corrected chi connectivity index (χ1v) is 5.84. The number of nitrogens with zero attached hydrogens (tertiary/aromatic N) is 1. The van der Waals surface area contributed by atoms with Gasteiger partial charge in [-0.3, -0.25) is 9.59 Å². The van der Waals surface area contributed by atoms with Gasteiger partial charge in [0, 0.05) is 18.8 Å². The first-order valence-electron chi connectivity index (χ1n) is 5.84. The summed E-state index contributed by atoms with van der Waals surface area (Å²) in [5, 5.41) is 8.84. The number of allylic oxidation sites excluding steroid dienone is 2. The predicted molar refractivity (Wildman–Crippen MR) is 70.0 cm³/mol. The summed E-state index contributed by atoms with van der Waals surface area (Å²) in [6.45, 7) is 1.68. The quantitative estimate of drug-likeness (QED) is 0.889. The molecule has 1 aromatic heterocycles. The third kappa shape index (κ3) is 1.92. The number of ketones is 2. The van der Waals surface area contributed by atoms with Gasteiger partial charge in [-0.15, -0.1) is 0 Å². The Morgan fingerprint density at radius 2 is 2.11 bits per heavy atom. The molecule has 1 aromatic rings. The van der Waals surface area contributed by atoms with Gasteiger partial charge in [0.15, 0.2) is 5.76 Å². The maximum absolute atomic E-state index is 12.2. The van der Waals surface area contributed by atoms with Crippen molar-refractivity contribution in [2.75, 3.05) is 13.7 Å². The largest absolute Gasteiger partial charge is 0.492 e. The number of carbonyl (C=O) groups excluding carboxylic acids is 2. The lowest BCUT2D eigenvalue weighted by atomic mass is 9.96. The summed E-state index contributed by atoms with van der Waals surface area (Å²) in [5.74, 6) is -0.474. The van der Waals surface area contributed by atoms with Crippen molar-refractivity contribution in [1.82, 2.24) is 4.57 Å². The zero-order valence-electron chi connectivity index (χ0n) is 11.1. The number of aliphatic hydroxyl groups is 1. The molecule has 5 heteroatoms. The van der Waals surface area contributed by atoms with Crippen LogP contribution in [0, 0.1) is 6.92 Å². The standard InChI is InChI=1S/C14H15NO4/c1-8-9(5-4-6-16)15(2)13-10(17)7-11(19-3)14(18)12(8)13/h4-5,7,16H,6H2,1-3H3/b5-4+. The highest BCUT2D eigenvalue weighted by Gasteiger charge is 2.32. The van der Waals surface area contributed by atoms with Gasteiger partial charge in [-0.1, -0.05) is 6.08 Å². The molecule has 0 radical (unpaired) electrons. The number of ether oxygens (including phenoxy) is 1. The van der Waals surface area contributed by atoms with Crippen LogP contribution in [0.1, 0.15) is 32.1 Å². The molecule has 1 aliphatic rings. The molecule has 0 saturated heterocycles. The van der Waals surface area contributed by atoms with Gasteiger partial charge in [0.1, 0.15) is 5.69 Å². The summed E-state index contributed by atoms with van der Waals surface area (Å²) < 4.78 is 6.61. The topological polar surface area (TPSA) is 68.5 Å². The fraction of sp³-hybridized carbons (Fsp3) is 0.286. The van der Waals surface area contributed by atoms with E-state index < -0.39 is 0 Å². The molecule has 0 fully saturated rings. The Morgan fingerprint density at radius 1 is 1.42 bits per heavy atom. The fourth-order valence-corrected chi connectivity index (χ4v) is 2.34. The molecule has 0 amide bonds. The van der Waals surface area contributed by atoms with Gasteiger partial charge in [0.2, 0.25) is 11.6 Å². The van der Waals surface area contributed by atoms with Gasteiger partial charge in [-0.25, -0.2) is 0 Å². The van der Waals surface area contributed by atoms with E-state index >= 15 is 0 Å². The second-order valence-electron chi connectivity index (χ2n) is 4.28. The first-order chi connectivity index (χ1) is 9.02. The smallest absolute Gasteiger partial charge is 0.230 e. The monoisotopic (exact) mass is 261 g/mol. The fourth-order valence-electron chi connectivity index (χ4n) is 2.34. The number of hydrogen-bond donors (Lipinski definition) is 1. The lowest BCUT2D eigenvalue weighted by molar-refractivity contribution is 0.0913. The van der Waals surface area contributed by atoms with Crippen LogP contribution in [0.15, 0.2) is 17.9 Å². The zero-order chi connectivity index (χ0) is 14.2. The van der Waals surface area contributed by atoms with Gasteiger partial charge in [0.05, 0.1) is 19.3 Å². The summed E-state index contributed by atoms with van der Waals surface area (Å²) in [5.41, 5.74) is 2.18. The molecule has 0 unspecified atom stereocenters. The number of aromatic nitrogens is 1. The third-order valence-electron chi connectivity index (χ3n) is 3.24. The molecule has 19 heavy (non-hydrogen) atoms. The van der Waals surface area contributed by atoms with E-state index in [0.29, 0.717) is 16.8 Å². The molecule has 2 rings (SSSR count). The average Bonchev–Trinajstić information content (AvgIpc) is 2.64. The molecule has 5 nitrogen and oxygen atoms in total. The van der Waals surface area contributed by atoms with Crippen LogP contribution in [0.4, 0.5) is 0 Å². The minimum absolute atomic E-state index is 0.0592. The molecule has 0 atom stereocenters. The number of hydrogen-bond acceptors (Lipinski definition) is 4.